The number of alkyl carbamates (subject to hydrolysis) is 1. The largest absolute Gasteiger partial charge is 0.479 e. The summed E-state index contributed by atoms with van der Waals surface area (Å²) in [4.78, 5) is 34.5. The van der Waals surface area contributed by atoms with Gasteiger partial charge in [0, 0.05) is 18.4 Å². The van der Waals surface area contributed by atoms with E-state index in [4.69, 9.17) is 14.9 Å². The number of carboxylic acid groups (broad SMARTS) is 1. The average molecular weight is 440 g/mol. The predicted molar refractivity (Wildman–Crippen MR) is 118 cm³/mol. The molecule has 0 spiro atoms. The standard InChI is InChI=1S/C24H28N2O6/c1-15(7-6-12-22(28)25-13-21(27)23(29)30)26-24(31)32-14-20-18-10-4-2-8-16(18)17-9-3-5-11-19(17)20/h2-5,8-11,15,20-21,27H,6-7,12-14H2,1H3,(H,25,28)(H,26,31)(H,29,30)/t15?,21-/m0/s1. The molecule has 0 aromatic heterocycles. The molecule has 0 fully saturated rings. The zero-order chi connectivity index (χ0) is 23.1. The number of ether oxygens (including phenoxy) is 1. The van der Waals surface area contributed by atoms with Gasteiger partial charge in [0.2, 0.25) is 5.91 Å². The van der Waals surface area contributed by atoms with E-state index in [2.05, 4.69) is 34.9 Å². The summed E-state index contributed by atoms with van der Waals surface area (Å²) in [6, 6.07) is 16.1. The quantitative estimate of drug-likeness (QED) is 0.450. The maximum Gasteiger partial charge on any atom is 0.407 e. The molecular formula is C24H28N2O6. The van der Waals surface area contributed by atoms with Gasteiger partial charge >= 0.3 is 12.1 Å². The van der Waals surface area contributed by atoms with Gasteiger partial charge < -0.3 is 25.6 Å². The molecule has 0 radical (unpaired) electrons. The van der Waals surface area contributed by atoms with Crippen molar-refractivity contribution in [3.05, 3.63) is 59.7 Å². The molecule has 4 N–H and O–H groups in total. The van der Waals surface area contributed by atoms with Crippen LogP contribution >= 0.6 is 0 Å². The Bertz CT molecular complexity index is 931. The number of aliphatic hydroxyl groups excluding tert-OH is 1. The molecule has 170 valence electrons. The summed E-state index contributed by atoms with van der Waals surface area (Å²) in [5.41, 5.74) is 4.63. The Morgan fingerprint density at radius 2 is 1.62 bits per heavy atom. The molecule has 8 nitrogen and oxygen atoms in total. The first kappa shape index (κ1) is 23.3. The number of nitrogens with one attached hydrogen (secondary N) is 2. The van der Waals surface area contributed by atoms with Crippen molar-refractivity contribution >= 4 is 18.0 Å². The van der Waals surface area contributed by atoms with Gasteiger partial charge in [0.05, 0.1) is 6.54 Å². The van der Waals surface area contributed by atoms with Crippen molar-refractivity contribution in [1.29, 1.82) is 0 Å². The van der Waals surface area contributed by atoms with Crippen molar-refractivity contribution < 1.29 is 29.3 Å². The second-order valence-electron chi connectivity index (χ2n) is 7.92. The summed E-state index contributed by atoms with van der Waals surface area (Å²) in [6.07, 6.45) is -0.899. The van der Waals surface area contributed by atoms with E-state index in [0.29, 0.717) is 12.8 Å². The Balaban J connectivity index is 1.41. The Labute approximate surface area is 186 Å². The fraction of sp³-hybridized carbons (Fsp3) is 0.375. The second-order valence-corrected chi connectivity index (χ2v) is 7.92. The molecule has 1 aliphatic rings. The molecule has 0 saturated heterocycles. The van der Waals surface area contributed by atoms with E-state index in [0.717, 1.165) is 11.1 Å². The molecule has 1 unspecified atom stereocenters. The van der Waals surface area contributed by atoms with Gasteiger partial charge in [-0.3, -0.25) is 4.79 Å². The Kier molecular flexibility index (Phi) is 7.83. The van der Waals surface area contributed by atoms with Crippen molar-refractivity contribution in [2.75, 3.05) is 13.2 Å². The van der Waals surface area contributed by atoms with Crippen LogP contribution < -0.4 is 10.6 Å². The number of hydrogen-bond acceptors (Lipinski definition) is 5. The first-order valence-electron chi connectivity index (χ1n) is 10.7. The van der Waals surface area contributed by atoms with Gasteiger partial charge in [0.25, 0.3) is 0 Å². The van der Waals surface area contributed by atoms with Crippen molar-refractivity contribution in [2.24, 2.45) is 0 Å². The van der Waals surface area contributed by atoms with Crippen LogP contribution in [0, 0.1) is 0 Å². The molecule has 0 bridgehead atoms. The highest BCUT2D eigenvalue weighted by Crippen LogP contribution is 2.44. The number of carbonyl (C=O) groups excluding carboxylic acids is 2. The van der Waals surface area contributed by atoms with E-state index in [9.17, 15) is 14.4 Å². The third kappa shape index (κ3) is 5.85. The monoisotopic (exact) mass is 440 g/mol. The molecule has 0 aliphatic heterocycles. The molecule has 0 saturated carbocycles. The first-order chi connectivity index (χ1) is 15.4. The van der Waals surface area contributed by atoms with Crippen LogP contribution in [-0.2, 0) is 14.3 Å². The molecule has 2 aromatic carbocycles. The van der Waals surface area contributed by atoms with Crippen LogP contribution in [0.5, 0.6) is 0 Å². The number of carboxylic acids is 1. The molecule has 2 aromatic rings. The van der Waals surface area contributed by atoms with Gasteiger partial charge in [0.15, 0.2) is 6.10 Å². The smallest absolute Gasteiger partial charge is 0.407 e. The topological polar surface area (TPSA) is 125 Å². The second kappa shape index (κ2) is 10.8. The SMILES string of the molecule is CC(CCCC(=O)NC[C@H](O)C(=O)O)NC(=O)OCC1c2ccccc2-c2ccccc21. The van der Waals surface area contributed by atoms with Crippen molar-refractivity contribution in [3.8, 4) is 11.1 Å². The number of hydrogen-bond donors (Lipinski definition) is 4. The van der Waals surface area contributed by atoms with Gasteiger partial charge in [0.1, 0.15) is 6.61 Å². The maximum absolute atomic E-state index is 12.3. The summed E-state index contributed by atoms with van der Waals surface area (Å²) in [5.74, 6) is -1.74. The number of aliphatic hydroxyl groups is 1. The fourth-order valence-corrected chi connectivity index (χ4v) is 3.87. The molecule has 32 heavy (non-hydrogen) atoms. The molecule has 2 atom stereocenters. The third-order valence-corrected chi connectivity index (χ3v) is 5.53. The summed E-state index contributed by atoms with van der Waals surface area (Å²) >= 11 is 0. The minimum absolute atomic E-state index is 0.00620. The normalized spacial score (nSPS) is 14.1. The zero-order valence-electron chi connectivity index (χ0n) is 17.9. The van der Waals surface area contributed by atoms with Crippen LogP contribution in [0.25, 0.3) is 11.1 Å². The lowest BCUT2D eigenvalue weighted by Crippen LogP contribution is -2.37. The number of aliphatic carboxylic acids is 1. The van der Waals surface area contributed by atoms with Crippen molar-refractivity contribution in [2.45, 2.75) is 44.2 Å². The number of amides is 2. The van der Waals surface area contributed by atoms with Gasteiger partial charge in [-0.05, 0) is 42.0 Å². The highest BCUT2D eigenvalue weighted by molar-refractivity contribution is 5.79. The molecule has 0 heterocycles. The number of benzene rings is 2. The van der Waals surface area contributed by atoms with E-state index in [1.54, 1.807) is 0 Å². The Morgan fingerprint density at radius 3 is 2.22 bits per heavy atom. The first-order valence-corrected chi connectivity index (χ1v) is 10.7. The summed E-state index contributed by atoms with van der Waals surface area (Å²) in [7, 11) is 0. The van der Waals surface area contributed by atoms with Gasteiger partial charge in [-0.1, -0.05) is 48.5 Å². The lowest BCUT2D eigenvalue weighted by atomic mass is 9.98. The molecule has 8 heteroatoms. The van der Waals surface area contributed by atoms with Crippen LogP contribution in [-0.4, -0.2) is 53.5 Å². The highest BCUT2D eigenvalue weighted by Gasteiger charge is 2.29. The van der Waals surface area contributed by atoms with Crippen molar-refractivity contribution in [3.63, 3.8) is 0 Å². The lowest BCUT2D eigenvalue weighted by Gasteiger charge is -2.17. The zero-order valence-corrected chi connectivity index (χ0v) is 17.9. The van der Waals surface area contributed by atoms with Crippen LogP contribution in [0.3, 0.4) is 0 Å². The molecule has 1 aliphatic carbocycles. The summed E-state index contributed by atoms with van der Waals surface area (Å²) in [6.45, 7) is 1.73. The van der Waals surface area contributed by atoms with Crippen LogP contribution in [0.2, 0.25) is 0 Å². The van der Waals surface area contributed by atoms with Gasteiger partial charge in [-0.15, -0.1) is 0 Å². The van der Waals surface area contributed by atoms with E-state index < -0.39 is 18.2 Å². The van der Waals surface area contributed by atoms with Crippen LogP contribution in [0.1, 0.15) is 43.2 Å². The highest BCUT2D eigenvalue weighted by atomic mass is 16.5. The molecule has 2 amide bonds. The Morgan fingerprint density at radius 1 is 1.03 bits per heavy atom. The molecule has 3 rings (SSSR count). The summed E-state index contributed by atoms with van der Waals surface area (Å²) in [5, 5.41) is 22.9. The average Bonchev–Trinajstić information content (AvgIpc) is 3.09. The number of fused-ring (bicyclic) bond motifs is 3. The van der Waals surface area contributed by atoms with Crippen molar-refractivity contribution in [1.82, 2.24) is 10.6 Å². The lowest BCUT2D eigenvalue weighted by molar-refractivity contribution is -0.146. The molecular weight excluding hydrogens is 412 g/mol. The summed E-state index contributed by atoms with van der Waals surface area (Å²) < 4.78 is 5.51. The van der Waals surface area contributed by atoms with Gasteiger partial charge in [-0.2, -0.15) is 0 Å². The van der Waals surface area contributed by atoms with E-state index in [1.807, 2.05) is 31.2 Å². The fourth-order valence-electron chi connectivity index (χ4n) is 3.87. The number of rotatable bonds is 10. The minimum Gasteiger partial charge on any atom is -0.479 e. The number of carbonyl (C=O) groups is 3. The van der Waals surface area contributed by atoms with Gasteiger partial charge in [-0.25, -0.2) is 9.59 Å². The van der Waals surface area contributed by atoms with E-state index in [-0.39, 0.29) is 37.4 Å². The predicted octanol–water partition coefficient (Wildman–Crippen LogP) is 2.65. The van der Waals surface area contributed by atoms with E-state index >= 15 is 0 Å². The van der Waals surface area contributed by atoms with Crippen LogP contribution in [0.15, 0.2) is 48.5 Å². The Hall–Kier alpha value is -3.39. The van der Waals surface area contributed by atoms with Crippen LogP contribution in [0.4, 0.5) is 4.79 Å². The maximum atomic E-state index is 12.3. The minimum atomic E-state index is -1.62. The van der Waals surface area contributed by atoms with E-state index in [1.165, 1.54) is 11.1 Å². The third-order valence-electron chi connectivity index (χ3n) is 5.53.